The molecule has 1 saturated heterocycles. The first-order valence-corrected chi connectivity index (χ1v) is 11.3. The Bertz CT molecular complexity index is 1050. The van der Waals surface area contributed by atoms with Gasteiger partial charge in [-0.15, -0.1) is 0 Å². The van der Waals surface area contributed by atoms with Crippen LogP contribution in [0, 0.1) is 0 Å². The molecule has 8 nitrogen and oxygen atoms in total. The van der Waals surface area contributed by atoms with Gasteiger partial charge in [-0.2, -0.15) is 0 Å². The number of hydrogen-bond donors (Lipinski definition) is 1. The van der Waals surface area contributed by atoms with E-state index in [1.165, 1.54) is 12.0 Å². The molecule has 1 heterocycles. The number of methoxy groups -OCH3 is 2. The molecule has 1 amide bonds. The van der Waals surface area contributed by atoms with Crippen LogP contribution in [-0.2, 0) is 14.3 Å². The van der Waals surface area contributed by atoms with Gasteiger partial charge in [0.1, 0.15) is 11.5 Å². The first-order valence-electron chi connectivity index (χ1n) is 11.3. The van der Waals surface area contributed by atoms with Gasteiger partial charge in [0.2, 0.25) is 0 Å². The summed E-state index contributed by atoms with van der Waals surface area (Å²) in [4.78, 5) is 27.6. The van der Waals surface area contributed by atoms with Crippen LogP contribution < -0.4 is 14.2 Å². The van der Waals surface area contributed by atoms with Gasteiger partial charge in [0, 0.05) is 25.8 Å². The SMILES string of the molecule is CCOc1ccc(/C(O)=C2/C(=O)C(=O)N(CCCOC)C2c2ccc(OCC)c(OC)c2)cc1. The second-order valence-corrected chi connectivity index (χ2v) is 7.64. The first kappa shape index (κ1) is 25.1. The number of aliphatic hydroxyl groups is 1. The average molecular weight is 470 g/mol. The maximum atomic E-state index is 13.1. The first-order chi connectivity index (χ1) is 16.5. The van der Waals surface area contributed by atoms with E-state index in [4.69, 9.17) is 18.9 Å². The van der Waals surface area contributed by atoms with Crippen LogP contribution in [0.25, 0.3) is 5.76 Å². The molecule has 2 aromatic carbocycles. The van der Waals surface area contributed by atoms with Crippen molar-refractivity contribution in [3.63, 3.8) is 0 Å². The van der Waals surface area contributed by atoms with Crippen molar-refractivity contribution >= 4 is 17.4 Å². The minimum absolute atomic E-state index is 0.0257. The van der Waals surface area contributed by atoms with E-state index in [0.29, 0.717) is 61.2 Å². The van der Waals surface area contributed by atoms with Crippen molar-refractivity contribution in [3.8, 4) is 17.2 Å². The topological polar surface area (TPSA) is 94.5 Å². The number of carbonyl (C=O) groups is 2. The molecule has 0 bridgehead atoms. The minimum Gasteiger partial charge on any atom is -0.507 e. The molecule has 1 unspecified atom stereocenters. The quantitative estimate of drug-likeness (QED) is 0.230. The fourth-order valence-electron chi connectivity index (χ4n) is 4.00. The van der Waals surface area contributed by atoms with Gasteiger partial charge in [-0.05, 0) is 62.2 Å². The minimum atomic E-state index is -0.784. The van der Waals surface area contributed by atoms with E-state index in [0.717, 1.165) is 0 Å². The summed E-state index contributed by atoms with van der Waals surface area (Å²) in [5.74, 6) is 0.0305. The van der Waals surface area contributed by atoms with Crippen LogP contribution in [0.1, 0.15) is 37.4 Å². The van der Waals surface area contributed by atoms with E-state index in [2.05, 4.69) is 0 Å². The molecule has 1 aliphatic rings. The molecule has 2 aromatic rings. The highest BCUT2D eigenvalue weighted by Crippen LogP contribution is 2.42. The summed E-state index contributed by atoms with van der Waals surface area (Å²) >= 11 is 0. The van der Waals surface area contributed by atoms with E-state index >= 15 is 0 Å². The fourth-order valence-corrected chi connectivity index (χ4v) is 4.00. The number of nitrogens with zero attached hydrogens (tertiary/aromatic N) is 1. The molecular formula is C26H31NO7. The molecule has 0 radical (unpaired) electrons. The highest BCUT2D eigenvalue weighted by Gasteiger charge is 2.46. The zero-order valence-corrected chi connectivity index (χ0v) is 20.0. The van der Waals surface area contributed by atoms with Gasteiger partial charge >= 0.3 is 0 Å². The smallest absolute Gasteiger partial charge is 0.295 e. The molecule has 1 N–H and O–H groups in total. The second-order valence-electron chi connectivity index (χ2n) is 7.64. The van der Waals surface area contributed by atoms with E-state index < -0.39 is 17.7 Å². The molecule has 0 saturated carbocycles. The van der Waals surface area contributed by atoms with Crippen molar-refractivity contribution in [1.82, 2.24) is 4.90 Å². The van der Waals surface area contributed by atoms with Gasteiger partial charge in [0.15, 0.2) is 11.5 Å². The van der Waals surface area contributed by atoms with Crippen LogP contribution in [0.3, 0.4) is 0 Å². The summed E-state index contributed by atoms with van der Waals surface area (Å²) < 4.78 is 21.7. The summed E-state index contributed by atoms with van der Waals surface area (Å²) in [6.07, 6.45) is 0.539. The van der Waals surface area contributed by atoms with Crippen LogP contribution in [0.2, 0.25) is 0 Å². The standard InChI is InChI=1S/C26H31NO7/c1-5-33-19-11-8-17(9-12-19)24(28)22-23(27(14-7-15-31-3)26(30)25(22)29)18-10-13-20(34-6-2)21(16-18)32-4/h8-13,16,23,28H,5-7,14-15H2,1-4H3/b24-22-. The molecule has 182 valence electrons. The third-order valence-electron chi connectivity index (χ3n) is 5.53. The van der Waals surface area contributed by atoms with Crippen molar-refractivity contribution < 1.29 is 33.6 Å². The molecule has 1 atom stereocenters. The Morgan fingerprint density at radius 1 is 0.971 bits per heavy atom. The number of Topliss-reactive ketones (excluding diaryl/α,β-unsaturated/α-hetero) is 1. The lowest BCUT2D eigenvalue weighted by Gasteiger charge is -2.26. The van der Waals surface area contributed by atoms with Gasteiger partial charge in [0.25, 0.3) is 11.7 Å². The number of hydrogen-bond acceptors (Lipinski definition) is 7. The highest BCUT2D eigenvalue weighted by molar-refractivity contribution is 6.46. The van der Waals surface area contributed by atoms with E-state index in [-0.39, 0.29) is 11.3 Å². The van der Waals surface area contributed by atoms with Gasteiger partial charge < -0.3 is 29.0 Å². The largest absolute Gasteiger partial charge is 0.507 e. The summed E-state index contributed by atoms with van der Waals surface area (Å²) in [5.41, 5.74) is 1.07. The molecule has 3 rings (SSSR count). The molecule has 34 heavy (non-hydrogen) atoms. The molecule has 8 heteroatoms. The van der Waals surface area contributed by atoms with Crippen LogP contribution in [0.4, 0.5) is 0 Å². The van der Waals surface area contributed by atoms with Gasteiger partial charge in [-0.3, -0.25) is 9.59 Å². The van der Waals surface area contributed by atoms with Crippen LogP contribution in [0.15, 0.2) is 48.0 Å². The number of likely N-dealkylation sites (tertiary alicyclic amines) is 1. The number of ketones is 1. The second kappa shape index (κ2) is 11.6. The van der Waals surface area contributed by atoms with Crippen molar-refractivity contribution in [2.75, 3.05) is 40.6 Å². The molecule has 0 aromatic heterocycles. The van der Waals surface area contributed by atoms with Crippen molar-refractivity contribution in [2.24, 2.45) is 0 Å². The Labute approximate surface area is 199 Å². The molecule has 1 aliphatic heterocycles. The maximum Gasteiger partial charge on any atom is 0.295 e. The van der Waals surface area contributed by atoms with Crippen molar-refractivity contribution in [1.29, 1.82) is 0 Å². The van der Waals surface area contributed by atoms with Crippen LogP contribution in [-0.4, -0.2) is 62.3 Å². The lowest BCUT2D eigenvalue weighted by atomic mass is 9.95. The zero-order valence-electron chi connectivity index (χ0n) is 20.0. The number of rotatable bonds is 11. The van der Waals surface area contributed by atoms with Gasteiger partial charge in [-0.25, -0.2) is 0 Å². The van der Waals surface area contributed by atoms with E-state index in [9.17, 15) is 14.7 Å². The monoisotopic (exact) mass is 469 g/mol. The predicted molar refractivity (Wildman–Crippen MR) is 127 cm³/mol. The number of benzene rings is 2. The molecular weight excluding hydrogens is 438 g/mol. The third kappa shape index (κ3) is 5.17. The Morgan fingerprint density at radius 2 is 1.68 bits per heavy atom. The third-order valence-corrected chi connectivity index (χ3v) is 5.53. The maximum absolute atomic E-state index is 13.1. The van der Waals surface area contributed by atoms with Crippen molar-refractivity contribution in [3.05, 3.63) is 59.2 Å². The number of carbonyl (C=O) groups excluding carboxylic acids is 2. The number of amides is 1. The lowest BCUT2D eigenvalue weighted by molar-refractivity contribution is -0.140. The summed E-state index contributed by atoms with van der Waals surface area (Å²) in [7, 11) is 3.10. The summed E-state index contributed by atoms with van der Waals surface area (Å²) in [5, 5.41) is 11.2. The molecule has 0 aliphatic carbocycles. The van der Waals surface area contributed by atoms with E-state index in [1.807, 2.05) is 13.8 Å². The number of aliphatic hydroxyl groups excluding tert-OH is 1. The highest BCUT2D eigenvalue weighted by atomic mass is 16.5. The van der Waals surface area contributed by atoms with E-state index in [1.54, 1.807) is 49.6 Å². The van der Waals surface area contributed by atoms with Crippen LogP contribution >= 0.6 is 0 Å². The normalized spacial score (nSPS) is 17.2. The van der Waals surface area contributed by atoms with Gasteiger partial charge in [-0.1, -0.05) is 6.07 Å². The number of ether oxygens (including phenoxy) is 4. The molecule has 1 fully saturated rings. The van der Waals surface area contributed by atoms with Crippen LogP contribution in [0.5, 0.6) is 17.2 Å². The Morgan fingerprint density at radius 3 is 2.29 bits per heavy atom. The predicted octanol–water partition coefficient (Wildman–Crippen LogP) is 3.95. The zero-order chi connectivity index (χ0) is 24.7. The summed E-state index contributed by atoms with van der Waals surface area (Å²) in [6.45, 7) is 5.44. The van der Waals surface area contributed by atoms with Gasteiger partial charge in [0.05, 0.1) is 31.9 Å². The average Bonchev–Trinajstić information content (AvgIpc) is 3.10. The van der Waals surface area contributed by atoms with Crippen molar-refractivity contribution in [2.45, 2.75) is 26.3 Å². The Balaban J connectivity index is 2.11. The fraction of sp³-hybridized carbons (Fsp3) is 0.385. The lowest BCUT2D eigenvalue weighted by Crippen LogP contribution is -2.31. The Hall–Kier alpha value is -3.52. The Kier molecular flexibility index (Phi) is 8.54. The summed E-state index contributed by atoms with van der Waals surface area (Å²) in [6, 6.07) is 11.2. The molecule has 0 spiro atoms.